The standard InChI is InChI=1S/C9H14N2O2/c1-2-3-5-10-11-9(12)8-4-6-13-7-8/h4,6-7,10H,2-3,5H2,1H3,(H,11,12). The summed E-state index contributed by atoms with van der Waals surface area (Å²) in [6, 6.07) is 1.62. The van der Waals surface area contributed by atoms with Gasteiger partial charge in [-0.1, -0.05) is 13.3 Å². The summed E-state index contributed by atoms with van der Waals surface area (Å²) in [5.41, 5.74) is 5.94. The third-order valence-corrected chi connectivity index (χ3v) is 1.64. The molecule has 0 bridgehead atoms. The van der Waals surface area contributed by atoms with Crippen LogP contribution in [0.3, 0.4) is 0 Å². The highest BCUT2D eigenvalue weighted by molar-refractivity contribution is 5.93. The van der Waals surface area contributed by atoms with Crippen molar-refractivity contribution < 1.29 is 9.21 Å². The highest BCUT2D eigenvalue weighted by Gasteiger charge is 2.04. The first-order valence-corrected chi connectivity index (χ1v) is 4.40. The summed E-state index contributed by atoms with van der Waals surface area (Å²) in [4.78, 5) is 11.2. The van der Waals surface area contributed by atoms with Gasteiger partial charge in [0.1, 0.15) is 6.26 Å². The summed E-state index contributed by atoms with van der Waals surface area (Å²) in [7, 11) is 0. The number of hydrogen-bond donors (Lipinski definition) is 2. The summed E-state index contributed by atoms with van der Waals surface area (Å²) in [6.07, 6.45) is 5.04. The predicted molar refractivity (Wildman–Crippen MR) is 49.1 cm³/mol. The predicted octanol–water partition coefficient (Wildman–Crippen LogP) is 1.31. The molecule has 0 aliphatic rings. The minimum atomic E-state index is -0.162. The summed E-state index contributed by atoms with van der Waals surface area (Å²) in [5, 5.41) is 0. The number of carbonyl (C=O) groups is 1. The molecule has 0 saturated heterocycles. The SMILES string of the molecule is CCCCNNC(=O)c1ccoc1. The van der Waals surface area contributed by atoms with Crippen molar-refractivity contribution in [2.75, 3.05) is 6.54 Å². The van der Waals surface area contributed by atoms with Gasteiger partial charge in [-0.2, -0.15) is 0 Å². The van der Waals surface area contributed by atoms with Crippen LogP contribution in [0.4, 0.5) is 0 Å². The van der Waals surface area contributed by atoms with Crippen LogP contribution >= 0.6 is 0 Å². The molecule has 72 valence electrons. The zero-order chi connectivity index (χ0) is 9.52. The molecule has 4 nitrogen and oxygen atoms in total. The fourth-order valence-electron chi connectivity index (χ4n) is 0.874. The van der Waals surface area contributed by atoms with Crippen molar-refractivity contribution in [1.29, 1.82) is 0 Å². The molecule has 1 aromatic rings. The number of rotatable bonds is 5. The third kappa shape index (κ3) is 3.29. The maximum atomic E-state index is 11.2. The first kappa shape index (κ1) is 9.80. The molecule has 1 heterocycles. The Kier molecular flexibility index (Phi) is 4.05. The number of carbonyl (C=O) groups excluding carboxylic acids is 1. The van der Waals surface area contributed by atoms with E-state index in [0.717, 1.165) is 19.4 Å². The smallest absolute Gasteiger partial charge is 0.268 e. The van der Waals surface area contributed by atoms with Gasteiger partial charge >= 0.3 is 0 Å². The lowest BCUT2D eigenvalue weighted by molar-refractivity contribution is 0.0932. The van der Waals surface area contributed by atoms with Gasteiger partial charge in [-0.15, -0.1) is 0 Å². The largest absolute Gasteiger partial charge is 0.472 e. The van der Waals surface area contributed by atoms with Crippen LogP contribution in [-0.4, -0.2) is 12.5 Å². The number of amides is 1. The average Bonchev–Trinajstić information content (AvgIpc) is 2.65. The molecule has 1 rings (SSSR count). The average molecular weight is 182 g/mol. The first-order valence-electron chi connectivity index (χ1n) is 4.40. The minimum Gasteiger partial charge on any atom is -0.472 e. The second-order valence-corrected chi connectivity index (χ2v) is 2.75. The highest BCUT2D eigenvalue weighted by atomic mass is 16.3. The molecule has 0 fully saturated rings. The number of nitrogens with one attached hydrogen (secondary N) is 2. The van der Waals surface area contributed by atoms with Gasteiger partial charge in [0.05, 0.1) is 11.8 Å². The lowest BCUT2D eigenvalue weighted by Crippen LogP contribution is -2.37. The van der Waals surface area contributed by atoms with Crippen LogP contribution in [0.1, 0.15) is 30.1 Å². The van der Waals surface area contributed by atoms with Crippen molar-refractivity contribution in [3.05, 3.63) is 24.2 Å². The van der Waals surface area contributed by atoms with Crippen molar-refractivity contribution in [2.45, 2.75) is 19.8 Å². The molecule has 1 aromatic heterocycles. The minimum absolute atomic E-state index is 0.162. The Morgan fingerprint density at radius 3 is 3.08 bits per heavy atom. The Bertz CT molecular complexity index is 244. The summed E-state index contributed by atoms with van der Waals surface area (Å²) in [5.74, 6) is -0.162. The van der Waals surface area contributed by atoms with Gasteiger partial charge in [-0.05, 0) is 12.5 Å². The number of furan rings is 1. The molecule has 0 radical (unpaired) electrons. The monoisotopic (exact) mass is 182 g/mol. The van der Waals surface area contributed by atoms with E-state index in [2.05, 4.69) is 17.8 Å². The van der Waals surface area contributed by atoms with Gasteiger partial charge in [0, 0.05) is 6.54 Å². The highest BCUT2D eigenvalue weighted by Crippen LogP contribution is 1.97. The molecule has 0 aliphatic carbocycles. The van der Waals surface area contributed by atoms with Crippen molar-refractivity contribution >= 4 is 5.91 Å². The quantitative estimate of drug-likeness (QED) is 0.533. The van der Waals surface area contributed by atoms with Gasteiger partial charge in [0.25, 0.3) is 5.91 Å². The van der Waals surface area contributed by atoms with E-state index in [1.165, 1.54) is 12.5 Å². The first-order chi connectivity index (χ1) is 6.34. The zero-order valence-electron chi connectivity index (χ0n) is 7.67. The fourth-order valence-corrected chi connectivity index (χ4v) is 0.874. The van der Waals surface area contributed by atoms with E-state index in [4.69, 9.17) is 4.42 Å². The van der Waals surface area contributed by atoms with Crippen LogP contribution in [0, 0.1) is 0 Å². The normalized spacial score (nSPS) is 9.92. The van der Waals surface area contributed by atoms with Gasteiger partial charge in [-0.25, -0.2) is 5.43 Å². The second-order valence-electron chi connectivity index (χ2n) is 2.75. The summed E-state index contributed by atoms with van der Waals surface area (Å²) in [6.45, 7) is 2.89. The van der Waals surface area contributed by atoms with Gasteiger partial charge < -0.3 is 4.42 Å². The lowest BCUT2D eigenvalue weighted by Gasteiger charge is -2.03. The molecular formula is C9H14N2O2. The van der Waals surface area contributed by atoms with E-state index >= 15 is 0 Å². The van der Waals surface area contributed by atoms with Crippen LogP contribution < -0.4 is 10.9 Å². The number of unbranched alkanes of at least 4 members (excludes halogenated alkanes) is 1. The molecule has 0 aromatic carbocycles. The molecule has 0 saturated carbocycles. The Balaban J connectivity index is 2.19. The molecule has 1 amide bonds. The van der Waals surface area contributed by atoms with Crippen molar-refractivity contribution in [3.8, 4) is 0 Å². The molecule has 13 heavy (non-hydrogen) atoms. The third-order valence-electron chi connectivity index (χ3n) is 1.64. The van der Waals surface area contributed by atoms with E-state index in [-0.39, 0.29) is 5.91 Å². The summed E-state index contributed by atoms with van der Waals surface area (Å²) < 4.78 is 4.77. The molecule has 0 unspecified atom stereocenters. The number of hydrogen-bond acceptors (Lipinski definition) is 3. The van der Waals surface area contributed by atoms with Crippen LogP contribution in [0.2, 0.25) is 0 Å². The van der Waals surface area contributed by atoms with Gasteiger partial charge in [-0.3, -0.25) is 10.2 Å². The Labute approximate surface area is 77.3 Å². The molecular weight excluding hydrogens is 168 g/mol. The van der Waals surface area contributed by atoms with Crippen molar-refractivity contribution in [3.63, 3.8) is 0 Å². The van der Waals surface area contributed by atoms with Gasteiger partial charge in [0.15, 0.2) is 0 Å². The topological polar surface area (TPSA) is 54.3 Å². The second kappa shape index (κ2) is 5.37. The van der Waals surface area contributed by atoms with Crippen LogP contribution in [0.25, 0.3) is 0 Å². The van der Waals surface area contributed by atoms with E-state index in [1.54, 1.807) is 6.07 Å². The maximum Gasteiger partial charge on any atom is 0.268 e. The lowest BCUT2D eigenvalue weighted by atomic mass is 10.3. The van der Waals surface area contributed by atoms with Crippen molar-refractivity contribution in [2.24, 2.45) is 0 Å². The van der Waals surface area contributed by atoms with Crippen LogP contribution in [0.5, 0.6) is 0 Å². The zero-order valence-corrected chi connectivity index (χ0v) is 7.67. The molecule has 2 N–H and O–H groups in total. The van der Waals surface area contributed by atoms with E-state index in [1.807, 2.05) is 0 Å². The molecule has 0 aliphatic heterocycles. The molecule has 0 spiro atoms. The van der Waals surface area contributed by atoms with Crippen molar-refractivity contribution in [1.82, 2.24) is 10.9 Å². The van der Waals surface area contributed by atoms with E-state index < -0.39 is 0 Å². The van der Waals surface area contributed by atoms with Crippen LogP contribution in [-0.2, 0) is 0 Å². The Morgan fingerprint density at radius 2 is 2.46 bits per heavy atom. The Hall–Kier alpha value is -1.29. The Morgan fingerprint density at radius 1 is 1.62 bits per heavy atom. The van der Waals surface area contributed by atoms with E-state index in [0.29, 0.717) is 5.56 Å². The van der Waals surface area contributed by atoms with E-state index in [9.17, 15) is 4.79 Å². The fraction of sp³-hybridized carbons (Fsp3) is 0.444. The van der Waals surface area contributed by atoms with Gasteiger partial charge in [0.2, 0.25) is 0 Å². The maximum absolute atomic E-state index is 11.2. The summed E-state index contributed by atoms with van der Waals surface area (Å²) >= 11 is 0. The number of hydrazine groups is 1. The molecule has 4 heteroatoms. The molecule has 0 atom stereocenters. The van der Waals surface area contributed by atoms with Crippen LogP contribution in [0.15, 0.2) is 23.0 Å².